The lowest BCUT2D eigenvalue weighted by molar-refractivity contribution is -0.491. The largest absolute Gasteiger partial charge is 0.449 e. The van der Waals surface area contributed by atoms with E-state index in [1.165, 1.54) is 6.08 Å². The third-order valence-electron chi connectivity index (χ3n) is 1.10. The Morgan fingerprint density at radius 1 is 0.968 bits per heavy atom. The number of nitriles is 1. The van der Waals surface area contributed by atoms with Gasteiger partial charge in [0, 0.05) is 20.4 Å². The van der Waals surface area contributed by atoms with Gasteiger partial charge in [-0.1, -0.05) is 111 Å². The number of nitrogens with zero attached hydrogens (tertiary/aromatic N) is 2. The third-order valence-corrected chi connectivity index (χ3v) is 2.02. The number of hydrogen-bond donors (Lipinski definition) is 0. The second kappa shape index (κ2) is 27.8. The first-order valence-electron chi connectivity index (χ1n) is 6.09. The SMILES string of the molecule is C=CC#N.ClC(Cl)(Cl)Cl.ClC(Cl)Cl.Clc1ccc(Cl)cc1.O=[N+]([O-])C(Cl)(Cl)Cl.S=C=S. The Morgan fingerprint density at radius 3 is 1.16 bits per heavy atom. The lowest BCUT2D eigenvalue weighted by Gasteiger charge is -1.96. The van der Waals surface area contributed by atoms with Crippen molar-refractivity contribution in [1.82, 2.24) is 0 Å². The number of thiocarbonyl (C=S) groups is 2. The number of allylic oxidation sites excluding steroid dienone is 1. The van der Waals surface area contributed by atoms with Crippen LogP contribution in [-0.2, 0) is 0 Å². The summed E-state index contributed by atoms with van der Waals surface area (Å²) in [5, 5.41) is 18.4. The van der Waals surface area contributed by atoms with Crippen LogP contribution in [0.15, 0.2) is 36.9 Å². The molecule has 1 aromatic carbocycles. The van der Waals surface area contributed by atoms with Gasteiger partial charge >= 0.3 is 3.92 Å². The van der Waals surface area contributed by atoms with Crippen molar-refractivity contribution >= 4 is 168 Å². The maximum absolute atomic E-state index is 9.43. The molecule has 1 aromatic rings. The van der Waals surface area contributed by atoms with Gasteiger partial charge < -0.3 is 0 Å². The molecule has 31 heavy (non-hydrogen) atoms. The minimum absolute atomic E-state index is 0.717. The summed E-state index contributed by atoms with van der Waals surface area (Å²) in [7, 11) is 0. The molecule has 0 unspecified atom stereocenters. The maximum atomic E-state index is 9.43. The summed E-state index contributed by atoms with van der Waals surface area (Å²) < 4.78 is -2.81. The van der Waals surface area contributed by atoms with E-state index in [9.17, 15) is 10.1 Å². The molecule has 0 bridgehead atoms. The highest BCUT2D eigenvalue weighted by molar-refractivity contribution is 7.93. The van der Waals surface area contributed by atoms with Crippen LogP contribution in [0.25, 0.3) is 0 Å². The molecule has 0 saturated carbocycles. The average molecular weight is 714 g/mol. The first-order chi connectivity index (χ1) is 13.8. The van der Waals surface area contributed by atoms with Gasteiger partial charge in [-0.2, -0.15) is 5.26 Å². The average Bonchev–Trinajstić information content (AvgIpc) is 2.56. The molecule has 0 aliphatic heterocycles. The van der Waals surface area contributed by atoms with Crippen LogP contribution in [0.2, 0.25) is 10.0 Å². The van der Waals surface area contributed by atoms with Crippen LogP contribution in [0.1, 0.15) is 0 Å². The van der Waals surface area contributed by atoms with Crippen LogP contribution in [0.4, 0.5) is 0 Å². The van der Waals surface area contributed by atoms with E-state index >= 15 is 0 Å². The molecule has 0 heterocycles. The summed E-state index contributed by atoms with van der Waals surface area (Å²) in [6.45, 7) is 3.12. The molecular weight excluding hydrogens is 706 g/mol. The molecule has 4 nitrogen and oxygen atoms in total. The number of nitro groups is 1. The Balaban J connectivity index is -0.0000000906. The fourth-order valence-electron chi connectivity index (χ4n) is 0.430. The van der Waals surface area contributed by atoms with Gasteiger partial charge in [-0.05, 0) is 83.5 Å². The topological polar surface area (TPSA) is 66.9 Å². The molecule has 18 heteroatoms. The smallest absolute Gasteiger partial charge is 0.260 e. The van der Waals surface area contributed by atoms with E-state index in [2.05, 4.69) is 31.0 Å². The quantitative estimate of drug-likeness (QED) is 0.0669. The van der Waals surface area contributed by atoms with Gasteiger partial charge in [0.05, 0.1) is 11.0 Å². The molecule has 178 valence electrons. The zero-order valence-electron chi connectivity index (χ0n) is 14.2. The first kappa shape index (κ1) is 42.7. The third kappa shape index (κ3) is 80.1. The van der Waals surface area contributed by atoms with E-state index in [-0.39, 0.29) is 0 Å². The Kier molecular flexibility index (Phi) is 38.3. The molecule has 0 aliphatic carbocycles. The lowest BCUT2D eigenvalue weighted by Crippen LogP contribution is -2.15. The normalized spacial score (nSPS) is 8.77. The van der Waals surface area contributed by atoms with Crippen molar-refractivity contribution in [3.8, 4) is 6.07 Å². The van der Waals surface area contributed by atoms with Crippen molar-refractivity contribution in [2.75, 3.05) is 0 Å². The molecule has 0 N–H and O–H groups in total. The second-order valence-electron chi connectivity index (χ2n) is 3.25. The zero-order valence-corrected chi connectivity index (χ0v) is 24.9. The fraction of sp³-hybridized carbons (Fsp3) is 0.231. The summed E-state index contributed by atoms with van der Waals surface area (Å²) in [5.41, 5.74) is 0. The lowest BCUT2D eigenvalue weighted by atomic mass is 10.4. The van der Waals surface area contributed by atoms with Crippen LogP contribution >= 0.6 is 164 Å². The van der Waals surface area contributed by atoms with E-state index < -0.39 is 16.4 Å². The Hall–Kier alpha value is 1.55. The monoisotopic (exact) mass is 708 g/mol. The van der Waals surface area contributed by atoms with Crippen LogP contribution < -0.4 is 0 Å². The minimum atomic E-state index is -2.36. The number of halogens is 12. The summed E-state index contributed by atoms with van der Waals surface area (Å²) >= 11 is 66.8. The molecule has 0 aromatic heterocycles. The van der Waals surface area contributed by atoms with Gasteiger partial charge in [0.25, 0.3) is 3.25 Å². The van der Waals surface area contributed by atoms with Gasteiger partial charge in [0.15, 0.2) is 4.30 Å². The van der Waals surface area contributed by atoms with Gasteiger partial charge in [0.2, 0.25) is 0 Å². The van der Waals surface area contributed by atoms with Crippen LogP contribution in [0, 0.1) is 21.4 Å². The van der Waals surface area contributed by atoms with E-state index in [0.29, 0.717) is 0 Å². The number of benzene rings is 1. The second-order valence-corrected chi connectivity index (χ2v) is 12.4. The predicted octanol–water partition coefficient (Wildman–Crippen LogP) is 10.8. The van der Waals surface area contributed by atoms with E-state index in [4.69, 9.17) is 144 Å². The van der Waals surface area contributed by atoms with E-state index in [1.54, 1.807) is 30.3 Å². The number of hydrogen-bond acceptors (Lipinski definition) is 5. The Bertz CT molecular complexity index is 623. The van der Waals surface area contributed by atoms with Crippen LogP contribution in [-0.4, -0.2) is 20.7 Å². The van der Waals surface area contributed by atoms with Gasteiger partial charge in [-0.25, -0.2) is 0 Å². The number of rotatable bonds is 0. The highest BCUT2D eigenvalue weighted by atomic mass is 35.6. The fourth-order valence-corrected chi connectivity index (χ4v) is 0.682. The van der Waals surface area contributed by atoms with Crippen LogP contribution in [0.5, 0.6) is 0 Å². The number of alkyl halides is 10. The molecule has 0 amide bonds. The van der Waals surface area contributed by atoms with Crippen molar-refractivity contribution in [2.45, 2.75) is 11.5 Å². The van der Waals surface area contributed by atoms with Crippen molar-refractivity contribution < 1.29 is 4.92 Å². The summed E-state index contributed by atoms with van der Waals surface area (Å²) in [5.74, 6) is 0. The molecule has 0 saturated heterocycles. The highest BCUT2D eigenvalue weighted by Gasteiger charge is 2.33. The van der Waals surface area contributed by atoms with E-state index in [1.807, 2.05) is 4.31 Å². The zero-order chi connectivity index (χ0) is 26.3. The highest BCUT2D eigenvalue weighted by Crippen LogP contribution is 2.29. The van der Waals surface area contributed by atoms with Crippen molar-refractivity contribution in [2.24, 2.45) is 0 Å². The standard InChI is InChI=1S/C6H4Cl2.C3H3N.CCl4.CCl3NO2.CHCl3.CS2/c7-5-1-2-6(8)4-3-5;1-2-3-4;2-1(3,4)5;2-1(3,4)5(6)7;2-1(3)4;2-1-3/h1-4H;2H,1H2;;;1H;. The van der Waals surface area contributed by atoms with Crippen molar-refractivity contribution in [3.63, 3.8) is 0 Å². The Morgan fingerprint density at radius 2 is 1.10 bits per heavy atom. The molecule has 0 spiro atoms. The van der Waals surface area contributed by atoms with Crippen molar-refractivity contribution in [1.29, 1.82) is 5.26 Å². The molecular formula is C13H8Cl12N2O2S2. The van der Waals surface area contributed by atoms with Gasteiger partial charge in [-0.3, -0.25) is 10.1 Å². The molecule has 0 radical (unpaired) electrons. The minimum Gasteiger partial charge on any atom is -0.260 e. The summed E-state index contributed by atoms with van der Waals surface area (Å²) in [4.78, 5) is 8.41. The maximum Gasteiger partial charge on any atom is 0.449 e. The molecule has 1 rings (SSSR count). The Labute approximate surface area is 250 Å². The van der Waals surface area contributed by atoms with Gasteiger partial charge in [-0.15, -0.1) is 0 Å². The molecule has 0 atom stereocenters. The summed E-state index contributed by atoms with van der Waals surface area (Å²) in [6, 6.07) is 8.71. The summed E-state index contributed by atoms with van der Waals surface area (Å²) in [6.07, 6.45) is 1.18. The van der Waals surface area contributed by atoms with Gasteiger partial charge in [0.1, 0.15) is 0 Å². The van der Waals surface area contributed by atoms with Crippen molar-refractivity contribution in [3.05, 3.63) is 57.1 Å². The van der Waals surface area contributed by atoms with E-state index in [0.717, 1.165) is 10.0 Å². The molecule has 0 aliphatic rings. The predicted molar refractivity (Wildman–Crippen MR) is 147 cm³/mol. The first-order valence-corrected chi connectivity index (χ1v) is 11.6. The van der Waals surface area contributed by atoms with Crippen LogP contribution in [0.3, 0.4) is 0 Å². The molecule has 0 fully saturated rings.